The van der Waals surface area contributed by atoms with E-state index in [-0.39, 0.29) is 54.7 Å². The third-order valence-electron chi connectivity index (χ3n) is 7.78. The number of esters is 1. The van der Waals surface area contributed by atoms with E-state index in [1.54, 1.807) is 0 Å². The van der Waals surface area contributed by atoms with Gasteiger partial charge in [-0.05, 0) is 49.5 Å². The molecule has 4 aliphatic rings. The van der Waals surface area contributed by atoms with E-state index in [9.17, 15) is 9.59 Å². The predicted molar refractivity (Wildman–Crippen MR) is 146 cm³/mol. The number of rotatable bonds is 13. The summed E-state index contributed by atoms with van der Waals surface area (Å²) in [6.45, 7) is 15.5. The van der Waals surface area contributed by atoms with Crippen molar-refractivity contribution < 1.29 is 33.0 Å². The molecule has 4 fully saturated rings. The van der Waals surface area contributed by atoms with Crippen LogP contribution in [0.1, 0.15) is 18.4 Å². The van der Waals surface area contributed by atoms with Gasteiger partial charge in [0.15, 0.2) is 14.1 Å². The van der Waals surface area contributed by atoms with Crippen LogP contribution in [-0.4, -0.2) is 66.5 Å². The number of ether oxygens (including phenoxy) is 4. The lowest BCUT2D eigenvalue weighted by molar-refractivity contribution is -0.238. The maximum absolute atomic E-state index is 14.0. The van der Waals surface area contributed by atoms with Gasteiger partial charge in [0.05, 0.1) is 26.2 Å². The summed E-state index contributed by atoms with van der Waals surface area (Å²) < 4.78 is 30.5. The molecular weight excluding hydrogens is 504 g/mol. The second kappa shape index (κ2) is 11.4. The first-order chi connectivity index (χ1) is 17.4. The molecule has 1 aromatic rings. The topological polar surface area (TPSA) is 80.3 Å². The van der Waals surface area contributed by atoms with Crippen LogP contribution in [0.2, 0.25) is 45.3 Å². The van der Waals surface area contributed by atoms with Gasteiger partial charge in [-0.25, -0.2) is 0 Å². The van der Waals surface area contributed by atoms with Gasteiger partial charge in [-0.3, -0.25) is 9.59 Å². The Bertz CT molecular complexity index is 942. The molecule has 9 heteroatoms. The van der Waals surface area contributed by atoms with Crippen LogP contribution in [0.4, 0.5) is 0 Å². The summed E-state index contributed by atoms with van der Waals surface area (Å²) in [7, 11) is -3.32. The van der Waals surface area contributed by atoms with Gasteiger partial charge in [-0.2, -0.15) is 0 Å². The van der Waals surface area contributed by atoms with E-state index in [0.29, 0.717) is 32.8 Å². The lowest BCUT2D eigenvalue weighted by atomic mass is 9.49. The van der Waals surface area contributed by atoms with E-state index in [4.69, 9.17) is 23.4 Å². The summed E-state index contributed by atoms with van der Waals surface area (Å²) in [6.07, 6.45) is 0.206. The molecule has 4 bridgehead atoms. The van der Waals surface area contributed by atoms with Crippen LogP contribution in [0, 0.1) is 23.7 Å². The Hall–Kier alpha value is -1.37. The molecule has 6 atom stereocenters. The lowest BCUT2D eigenvalue weighted by Crippen LogP contribution is -2.74. The Balaban J connectivity index is 1.51. The van der Waals surface area contributed by atoms with Crippen molar-refractivity contribution in [2.75, 3.05) is 26.6 Å². The average molecular weight is 549 g/mol. The van der Waals surface area contributed by atoms with Crippen LogP contribution < -0.4 is 0 Å². The van der Waals surface area contributed by atoms with Crippen molar-refractivity contribution in [1.29, 1.82) is 0 Å². The van der Waals surface area contributed by atoms with Crippen molar-refractivity contribution in [3.8, 4) is 0 Å². The molecule has 0 N–H and O–H groups in total. The van der Waals surface area contributed by atoms with Gasteiger partial charge < -0.3 is 23.4 Å². The van der Waals surface area contributed by atoms with Gasteiger partial charge >= 0.3 is 5.97 Å². The predicted octanol–water partition coefficient (Wildman–Crippen LogP) is 4.89. The summed E-state index contributed by atoms with van der Waals surface area (Å²) in [4.78, 5) is 26.6. The maximum Gasteiger partial charge on any atom is 0.309 e. The zero-order chi connectivity index (χ0) is 26.8. The minimum atomic E-state index is -2.15. The fraction of sp³-hybridized carbons (Fsp3) is 0.714. The van der Waals surface area contributed by atoms with Crippen LogP contribution in [0.15, 0.2) is 30.3 Å². The van der Waals surface area contributed by atoms with E-state index in [1.807, 2.05) is 30.3 Å². The summed E-state index contributed by atoms with van der Waals surface area (Å²) in [6, 6.07) is 11.2. The first kappa shape index (κ1) is 28.6. The Kier molecular flexibility index (Phi) is 8.82. The zero-order valence-corrected chi connectivity index (χ0v) is 25.3. The number of Topliss-reactive ketones (excluding diaryl/α,β-unsaturated/α-hetero) is 1. The summed E-state index contributed by atoms with van der Waals surface area (Å²) >= 11 is 0. The average Bonchev–Trinajstić information content (AvgIpc) is 2.79. The summed E-state index contributed by atoms with van der Waals surface area (Å²) in [5.74, 6) is -0.837. The second-order valence-corrected chi connectivity index (χ2v) is 23.1. The second-order valence-electron chi connectivity index (χ2n) is 13.1. The molecule has 3 saturated carbocycles. The van der Waals surface area contributed by atoms with E-state index in [0.717, 1.165) is 11.6 Å². The Morgan fingerprint density at radius 2 is 1.65 bits per heavy atom. The number of carbonyl (C=O) groups excluding carboxylic acids is 2. The molecule has 1 unspecified atom stereocenters. The highest BCUT2D eigenvalue weighted by Gasteiger charge is 2.70. The van der Waals surface area contributed by atoms with Crippen LogP contribution >= 0.6 is 0 Å². The molecule has 5 rings (SSSR count). The van der Waals surface area contributed by atoms with Crippen molar-refractivity contribution >= 4 is 28.1 Å². The van der Waals surface area contributed by atoms with Gasteiger partial charge in [0, 0.05) is 26.5 Å². The Morgan fingerprint density at radius 1 is 0.946 bits per heavy atom. The van der Waals surface area contributed by atoms with Crippen molar-refractivity contribution in [2.24, 2.45) is 23.7 Å². The molecule has 3 aliphatic carbocycles. The van der Waals surface area contributed by atoms with Gasteiger partial charge in [-0.15, -0.1) is 0 Å². The monoisotopic (exact) mass is 548 g/mol. The molecule has 206 valence electrons. The zero-order valence-electron chi connectivity index (χ0n) is 23.3. The van der Waals surface area contributed by atoms with Crippen molar-refractivity contribution in [1.82, 2.24) is 0 Å². The number of carbonyl (C=O) groups is 2. The maximum atomic E-state index is 14.0. The minimum Gasteiger partial charge on any atom is -0.462 e. The molecule has 0 spiro atoms. The van der Waals surface area contributed by atoms with Crippen LogP contribution in [-0.2, 0) is 39.6 Å². The third-order valence-corrected chi connectivity index (χ3v) is 10.5. The summed E-state index contributed by atoms with van der Waals surface area (Å²) in [5, 5.41) is 0. The van der Waals surface area contributed by atoms with E-state index >= 15 is 0 Å². The van der Waals surface area contributed by atoms with Gasteiger partial charge in [0.2, 0.25) is 0 Å². The molecule has 1 aromatic carbocycles. The fourth-order valence-electron chi connectivity index (χ4n) is 6.32. The highest BCUT2D eigenvalue weighted by atomic mass is 28.4. The molecule has 1 heterocycles. The van der Waals surface area contributed by atoms with Gasteiger partial charge in [0.1, 0.15) is 18.5 Å². The fourth-order valence-corrected chi connectivity index (χ4v) is 8.48. The third kappa shape index (κ3) is 6.80. The molecule has 0 aromatic heterocycles. The van der Waals surface area contributed by atoms with Crippen molar-refractivity contribution in [3.05, 3.63) is 35.9 Å². The van der Waals surface area contributed by atoms with Gasteiger partial charge in [-0.1, -0.05) is 50.0 Å². The molecule has 0 amide bonds. The molecular formula is C28H44O7Si2. The Morgan fingerprint density at radius 3 is 2.32 bits per heavy atom. The highest BCUT2D eigenvalue weighted by Crippen LogP contribution is 2.58. The lowest BCUT2D eigenvalue weighted by Gasteiger charge is -2.62. The number of hydrogen-bond acceptors (Lipinski definition) is 7. The molecule has 1 aliphatic heterocycles. The minimum absolute atomic E-state index is 0.00364. The Labute approximate surface area is 223 Å². The van der Waals surface area contributed by atoms with Gasteiger partial charge in [0.25, 0.3) is 0 Å². The molecule has 7 nitrogen and oxygen atoms in total. The quantitative estimate of drug-likeness (QED) is 0.150. The number of fused-ring (bicyclic) bond motifs is 1. The number of hydrogen-bond donors (Lipinski definition) is 0. The first-order valence-corrected chi connectivity index (χ1v) is 20.7. The van der Waals surface area contributed by atoms with E-state index in [2.05, 4.69) is 39.3 Å². The largest absolute Gasteiger partial charge is 0.462 e. The smallest absolute Gasteiger partial charge is 0.309 e. The molecule has 37 heavy (non-hydrogen) atoms. The standard InChI is InChI=1S/C28H44O7Si2/c1-36(2,3)13-12-31-19-33-17-22-21-14-24-26(23(22)18-32-16-20-10-8-7-9-11-20)28(27(21)30,15-25(29)34-24)35-37(4,5)6/h7-11,21-24,26H,12-19H2,1-6H3/t21-,22-,23+,24+,26?,28-/m0/s1. The van der Waals surface area contributed by atoms with Crippen LogP contribution in [0.25, 0.3) is 0 Å². The SMILES string of the molecule is C[Si](C)(C)CCOCOC[C@H]1[C@@H]2C[C@H]3OC(=O)C[C@@](O[Si](C)(C)C)(C2=O)C3[C@@H]1COCc1ccccc1. The van der Waals surface area contributed by atoms with E-state index < -0.39 is 22.0 Å². The van der Waals surface area contributed by atoms with Crippen molar-refractivity contribution in [2.45, 2.75) is 76.5 Å². The van der Waals surface area contributed by atoms with Crippen LogP contribution in [0.5, 0.6) is 0 Å². The molecule has 0 radical (unpaired) electrons. The van der Waals surface area contributed by atoms with Crippen molar-refractivity contribution in [3.63, 3.8) is 0 Å². The summed E-state index contributed by atoms with van der Waals surface area (Å²) in [5.41, 5.74) is -0.0128. The normalized spacial score (nSPS) is 31.5. The number of benzene rings is 1. The van der Waals surface area contributed by atoms with E-state index in [1.165, 1.54) is 0 Å². The number of ketones is 1. The first-order valence-electron chi connectivity index (χ1n) is 13.6. The molecule has 1 saturated heterocycles. The highest BCUT2D eigenvalue weighted by molar-refractivity contribution is 6.76. The van der Waals surface area contributed by atoms with Crippen LogP contribution in [0.3, 0.4) is 0 Å².